The van der Waals surface area contributed by atoms with Crippen molar-refractivity contribution in [1.29, 1.82) is 0 Å². The average Bonchev–Trinajstić information content (AvgIpc) is 2.75. The molecule has 0 spiro atoms. The fourth-order valence-electron chi connectivity index (χ4n) is 2.83. The molecule has 5 nitrogen and oxygen atoms in total. The molecule has 3 aromatic heterocycles. The number of anilines is 1. The quantitative estimate of drug-likeness (QED) is 0.481. The van der Waals surface area contributed by atoms with Crippen LogP contribution in [0.3, 0.4) is 0 Å². The number of aromatic nitrogens is 3. The summed E-state index contributed by atoms with van der Waals surface area (Å²) in [5.74, 6) is 0.804. The summed E-state index contributed by atoms with van der Waals surface area (Å²) in [6.07, 6.45) is 5.21. The Labute approximate surface area is 168 Å². The van der Waals surface area contributed by atoms with E-state index in [4.69, 9.17) is 4.74 Å². The third-order valence-corrected chi connectivity index (χ3v) is 4.36. The molecule has 0 fully saturated rings. The Morgan fingerprint density at radius 2 is 1.83 bits per heavy atom. The molecule has 0 bridgehead atoms. The van der Waals surface area contributed by atoms with E-state index in [0.717, 1.165) is 28.2 Å². The Bertz CT molecular complexity index is 1080. The van der Waals surface area contributed by atoms with E-state index in [-0.39, 0.29) is 5.82 Å². The molecule has 6 heteroatoms. The van der Waals surface area contributed by atoms with Gasteiger partial charge >= 0.3 is 0 Å². The largest absolute Gasteiger partial charge is 0.437 e. The summed E-state index contributed by atoms with van der Waals surface area (Å²) in [4.78, 5) is 13.0. The van der Waals surface area contributed by atoms with E-state index in [0.29, 0.717) is 18.2 Å². The Kier molecular flexibility index (Phi) is 5.42. The standard InChI is InChI=1S/C23H19FN4O/c1-16-21(26-14-17-3-2-12-25-13-17)10-11-23(28-16)29-20-8-9-22(27-15-20)18-4-6-19(24)7-5-18/h2-13,15,26H,14H2,1H3. The number of nitrogens with zero attached hydrogens (tertiary/aromatic N) is 3. The number of hydrogen-bond acceptors (Lipinski definition) is 5. The summed E-state index contributed by atoms with van der Waals surface area (Å²) in [5.41, 5.74) is 4.46. The minimum absolute atomic E-state index is 0.270. The Morgan fingerprint density at radius 1 is 0.966 bits per heavy atom. The van der Waals surface area contributed by atoms with Crippen LogP contribution >= 0.6 is 0 Å². The van der Waals surface area contributed by atoms with E-state index in [1.54, 1.807) is 24.5 Å². The van der Waals surface area contributed by atoms with Gasteiger partial charge in [0.15, 0.2) is 0 Å². The summed E-state index contributed by atoms with van der Waals surface area (Å²) in [6.45, 7) is 2.60. The van der Waals surface area contributed by atoms with Crippen LogP contribution in [0.2, 0.25) is 0 Å². The zero-order valence-corrected chi connectivity index (χ0v) is 15.8. The van der Waals surface area contributed by atoms with Crippen LogP contribution in [0.25, 0.3) is 11.3 Å². The number of aryl methyl sites for hydroxylation is 1. The van der Waals surface area contributed by atoms with Crippen molar-refractivity contribution in [2.75, 3.05) is 5.32 Å². The summed E-state index contributed by atoms with van der Waals surface area (Å²) >= 11 is 0. The Morgan fingerprint density at radius 3 is 2.52 bits per heavy atom. The number of ether oxygens (including phenoxy) is 1. The summed E-state index contributed by atoms with van der Waals surface area (Å²) in [7, 11) is 0. The van der Waals surface area contributed by atoms with Crippen molar-refractivity contribution >= 4 is 5.69 Å². The number of rotatable bonds is 6. The molecule has 4 rings (SSSR count). The topological polar surface area (TPSA) is 59.9 Å². The minimum Gasteiger partial charge on any atom is -0.437 e. The molecule has 4 aromatic rings. The average molecular weight is 386 g/mol. The molecule has 0 atom stereocenters. The molecule has 0 amide bonds. The van der Waals surface area contributed by atoms with Crippen LogP contribution < -0.4 is 10.1 Å². The van der Waals surface area contributed by atoms with Crippen LogP contribution in [-0.4, -0.2) is 15.0 Å². The fourth-order valence-corrected chi connectivity index (χ4v) is 2.83. The smallest absolute Gasteiger partial charge is 0.219 e. The predicted octanol–water partition coefficient (Wildman–Crippen LogP) is 5.39. The van der Waals surface area contributed by atoms with E-state index in [2.05, 4.69) is 20.3 Å². The zero-order chi connectivity index (χ0) is 20.1. The summed E-state index contributed by atoms with van der Waals surface area (Å²) in [6, 6.07) is 17.5. The lowest BCUT2D eigenvalue weighted by molar-refractivity contribution is 0.460. The van der Waals surface area contributed by atoms with Crippen molar-refractivity contribution in [3.63, 3.8) is 0 Å². The normalized spacial score (nSPS) is 10.6. The Hall–Kier alpha value is -3.80. The van der Waals surface area contributed by atoms with Crippen LogP contribution in [0, 0.1) is 12.7 Å². The second-order valence-corrected chi connectivity index (χ2v) is 6.49. The molecule has 1 aromatic carbocycles. The highest BCUT2D eigenvalue weighted by atomic mass is 19.1. The molecule has 144 valence electrons. The first-order valence-electron chi connectivity index (χ1n) is 9.18. The maximum Gasteiger partial charge on any atom is 0.219 e. The highest BCUT2D eigenvalue weighted by Crippen LogP contribution is 2.25. The first-order chi connectivity index (χ1) is 14.2. The van der Waals surface area contributed by atoms with Gasteiger partial charge in [-0.05, 0) is 61.0 Å². The zero-order valence-electron chi connectivity index (χ0n) is 15.8. The molecule has 0 radical (unpaired) electrons. The SMILES string of the molecule is Cc1nc(Oc2ccc(-c3ccc(F)cc3)nc2)ccc1NCc1cccnc1. The summed E-state index contributed by atoms with van der Waals surface area (Å²) < 4.78 is 18.9. The van der Waals surface area contributed by atoms with Crippen LogP contribution in [0.1, 0.15) is 11.3 Å². The first kappa shape index (κ1) is 18.6. The van der Waals surface area contributed by atoms with Crippen LogP contribution in [0.15, 0.2) is 79.3 Å². The van der Waals surface area contributed by atoms with Gasteiger partial charge in [-0.1, -0.05) is 6.07 Å². The van der Waals surface area contributed by atoms with Crippen molar-refractivity contribution in [2.24, 2.45) is 0 Å². The summed E-state index contributed by atoms with van der Waals surface area (Å²) in [5, 5.41) is 3.35. The van der Waals surface area contributed by atoms with E-state index >= 15 is 0 Å². The number of halogens is 1. The van der Waals surface area contributed by atoms with Gasteiger partial charge in [0.25, 0.3) is 0 Å². The highest BCUT2D eigenvalue weighted by molar-refractivity contribution is 5.59. The number of nitrogens with one attached hydrogen (secondary N) is 1. The van der Waals surface area contributed by atoms with Crippen molar-refractivity contribution in [2.45, 2.75) is 13.5 Å². The van der Waals surface area contributed by atoms with Gasteiger partial charge in [0.2, 0.25) is 5.88 Å². The lowest BCUT2D eigenvalue weighted by atomic mass is 10.1. The minimum atomic E-state index is -0.270. The van der Waals surface area contributed by atoms with Crippen LogP contribution in [0.5, 0.6) is 11.6 Å². The lowest BCUT2D eigenvalue weighted by Crippen LogP contribution is -2.03. The second kappa shape index (κ2) is 8.48. The van der Waals surface area contributed by atoms with Crippen LogP contribution in [-0.2, 0) is 6.54 Å². The molecule has 29 heavy (non-hydrogen) atoms. The van der Waals surface area contributed by atoms with E-state index < -0.39 is 0 Å². The lowest BCUT2D eigenvalue weighted by Gasteiger charge is -2.11. The van der Waals surface area contributed by atoms with E-state index in [1.807, 2.05) is 49.5 Å². The number of benzene rings is 1. The van der Waals surface area contributed by atoms with Gasteiger partial charge in [-0.3, -0.25) is 9.97 Å². The maximum atomic E-state index is 13.0. The molecule has 3 heterocycles. The number of hydrogen-bond donors (Lipinski definition) is 1. The van der Waals surface area contributed by atoms with Gasteiger partial charge in [-0.2, -0.15) is 0 Å². The second-order valence-electron chi connectivity index (χ2n) is 6.49. The van der Waals surface area contributed by atoms with E-state index in [9.17, 15) is 4.39 Å². The third-order valence-electron chi connectivity index (χ3n) is 4.36. The predicted molar refractivity (Wildman–Crippen MR) is 110 cm³/mol. The molecule has 0 aliphatic carbocycles. The molecule has 0 aliphatic rings. The fraction of sp³-hybridized carbons (Fsp3) is 0.0870. The van der Waals surface area contributed by atoms with Crippen molar-refractivity contribution in [3.05, 3.63) is 96.3 Å². The molecule has 1 N–H and O–H groups in total. The van der Waals surface area contributed by atoms with Gasteiger partial charge in [0.05, 0.1) is 23.3 Å². The highest BCUT2D eigenvalue weighted by Gasteiger charge is 2.06. The van der Waals surface area contributed by atoms with Crippen molar-refractivity contribution < 1.29 is 9.13 Å². The molecular formula is C23H19FN4O. The third kappa shape index (κ3) is 4.73. The first-order valence-corrected chi connectivity index (χ1v) is 9.18. The molecular weight excluding hydrogens is 367 g/mol. The van der Waals surface area contributed by atoms with Gasteiger partial charge in [0, 0.05) is 30.6 Å². The van der Waals surface area contributed by atoms with Gasteiger partial charge in [0.1, 0.15) is 11.6 Å². The van der Waals surface area contributed by atoms with Crippen molar-refractivity contribution in [1.82, 2.24) is 15.0 Å². The van der Waals surface area contributed by atoms with Gasteiger partial charge in [-0.25, -0.2) is 9.37 Å². The molecule has 0 saturated heterocycles. The molecule has 0 aliphatic heterocycles. The molecule has 0 saturated carbocycles. The van der Waals surface area contributed by atoms with E-state index in [1.165, 1.54) is 12.1 Å². The monoisotopic (exact) mass is 386 g/mol. The van der Waals surface area contributed by atoms with Gasteiger partial charge < -0.3 is 10.1 Å². The number of pyridine rings is 3. The van der Waals surface area contributed by atoms with Crippen LogP contribution in [0.4, 0.5) is 10.1 Å². The van der Waals surface area contributed by atoms with Crippen molar-refractivity contribution in [3.8, 4) is 22.9 Å². The van der Waals surface area contributed by atoms with Gasteiger partial charge in [-0.15, -0.1) is 0 Å². The molecule has 0 unspecified atom stereocenters. The Balaban J connectivity index is 1.41. The maximum absolute atomic E-state index is 13.0.